The summed E-state index contributed by atoms with van der Waals surface area (Å²) in [5, 5.41) is 3.40. The van der Waals surface area contributed by atoms with Gasteiger partial charge in [-0.05, 0) is 24.8 Å². The largest absolute Gasteiger partial charge is 0.353 e. The van der Waals surface area contributed by atoms with Crippen molar-refractivity contribution in [3.63, 3.8) is 0 Å². The van der Waals surface area contributed by atoms with Crippen LogP contribution in [0.5, 0.6) is 0 Å². The molecule has 2 aromatic rings. The summed E-state index contributed by atoms with van der Waals surface area (Å²) in [6.07, 6.45) is 10.7. The van der Waals surface area contributed by atoms with Gasteiger partial charge in [-0.1, -0.05) is 6.42 Å². The Morgan fingerprint density at radius 1 is 1.22 bits per heavy atom. The van der Waals surface area contributed by atoms with Gasteiger partial charge in [-0.3, -0.25) is 4.90 Å². The Labute approximate surface area is 137 Å². The van der Waals surface area contributed by atoms with Crippen LogP contribution in [0.1, 0.15) is 30.7 Å². The Kier molecular flexibility index (Phi) is 3.99. The highest BCUT2D eigenvalue weighted by Crippen LogP contribution is 2.30. The van der Waals surface area contributed by atoms with E-state index in [0.717, 1.165) is 25.4 Å². The molecule has 1 atom stereocenters. The molecule has 0 radical (unpaired) electrons. The fraction of sp³-hybridized carbons (Fsp3) is 0.588. The van der Waals surface area contributed by atoms with Gasteiger partial charge in [-0.2, -0.15) is 0 Å². The lowest BCUT2D eigenvalue weighted by Gasteiger charge is -2.39. The van der Waals surface area contributed by atoms with Crippen LogP contribution < -0.4 is 5.32 Å². The molecule has 0 amide bonds. The average Bonchev–Trinajstić information content (AvgIpc) is 2.90. The van der Waals surface area contributed by atoms with E-state index in [4.69, 9.17) is 0 Å². The van der Waals surface area contributed by atoms with Gasteiger partial charge < -0.3 is 9.88 Å². The number of imidazole rings is 1. The molecule has 3 heterocycles. The summed E-state index contributed by atoms with van der Waals surface area (Å²) in [6, 6.07) is 2.32. The highest BCUT2D eigenvalue weighted by molar-refractivity contribution is 5.24. The number of anilines is 1. The van der Waals surface area contributed by atoms with Gasteiger partial charge in [-0.25, -0.2) is 15.0 Å². The Balaban J connectivity index is 1.47. The molecule has 6 heteroatoms. The summed E-state index contributed by atoms with van der Waals surface area (Å²) >= 11 is 0. The Morgan fingerprint density at radius 2 is 2.04 bits per heavy atom. The predicted molar refractivity (Wildman–Crippen MR) is 89.0 cm³/mol. The van der Waals surface area contributed by atoms with Crippen LogP contribution in [0.4, 0.5) is 5.95 Å². The Hall–Kier alpha value is -1.95. The predicted octanol–water partition coefficient (Wildman–Crippen LogP) is 1.85. The highest BCUT2D eigenvalue weighted by Gasteiger charge is 2.31. The number of hydrogen-bond acceptors (Lipinski definition) is 5. The van der Waals surface area contributed by atoms with Gasteiger partial charge in [0, 0.05) is 57.2 Å². The summed E-state index contributed by atoms with van der Waals surface area (Å²) in [5.41, 5.74) is 2.62. The van der Waals surface area contributed by atoms with E-state index in [1.54, 1.807) is 12.4 Å². The van der Waals surface area contributed by atoms with Crippen LogP contribution >= 0.6 is 0 Å². The molecule has 0 bridgehead atoms. The number of hydrogen-bond donors (Lipinski definition) is 1. The van der Waals surface area contributed by atoms with E-state index in [1.807, 2.05) is 12.4 Å². The minimum absolute atomic E-state index is 0.474. The van der Waals surface area contributed by atoms with E-state index >= 15 is 0 Å². The lowest BCUT2D eigenvalue weighted by atomic mass is 9.84. The molecule has 1 saturated carbocycles. The molecule has 122 valence electrons. The summed E-state index contributed by atoms with van der Waals surface area (Å²) < 4.78 is 2.17. The van der Waals surface area contributed by atoms with E-state index in [1.165, 1.54) is 37.2 Å². The van der Waals surface area contributed by atoms with Gasteiger partial charge in [0.05, 0.1) is 12.0 Å². The molecule has 0 aromatic carbocycles. The van der Waals surface area contributed by atoms with Gasteiger partial charge in [-0.15, -0.1) is 0 Å². The van der Waals surface area contributed by atoms with Crippen molar-refractivity contribution in [2.24, 2.45) is 13.0 Å². The van der Waals surface area contributed by atoms with Crippen molar-refractivity contribution >= 4 is 5.95 Å². The molecule has 23 heavy (non-hydrogen) atoms. The van der Waals surface area contributed by atoms with Crippen LogP contribution in [0.2, 0.25) is 0 Å². The average molecular weight is 312 g/mol. The second-order valence-corrected chi connectivity index (χ2v) is 6.79. The smallest absolute Gasteiger partial charge is 0.222 e. The minimum atomic E-state index is 0.474. The van der Waals surface area contributed by atoms with Gasteiger partial charge in [0.2, 0.25) is 5.95 Å². The third-order valence-corrected chi connectivity index (χ3v) is 5.22. The molecule has 0 saturated heterocycles. The number of aryl methyl sites for hydroxylation is 1. The maximum Gasteiger partial charge on any atom is 0.222 e. The third-order valence-electron chi connectivity index (χ3n) is 5.22. The molecular formula is C17H24N6. The number of nitrogens with zero attached hydrogens (tertiary/aromatic N) is 5. The first kappa shape index (κ1) is 14.6. The number of fused-ring (bicyclic) bond motifs is 1. The van der Waals surface area contributed by atoms with Crippen molar-refractivity contribution in [2.75, 3.05) is 18.4 Å². The van der Waals surface area contributed by atoms with Crippen LogP contribution in [-0.4, -0.2) is 43.6 Å². The van der Waals surface area contributed by atoms with Crippen LogP contribution in [0.3, 0.4) is 0 Å². The summed E-state index contributed by atoms with van der Waals surface area (Å²) in [4.78, 5) is 15.7. The first-order valence-corrected chi connectivity index (χ1v) is 8.53. The van der Waals surface area contributed by atoms with Crippen molar-refractivity contribution in [1.82, 2.24) is 24.4 Å². The maximum atomic E-state index is 4.59. The molecule has 2 aromatic heterocycles. The first-order valence-electron chi connectivity index (χ1n) is 8.53. The van der Waals surface area contributed by atoms with Crippen LogP contribution in [0.15, 0.2) is 24.8 Å². The zero-order valence-corrected chi connectivity index (χ0v) is 13.6. The zero-order valence-electron chi connectivity index (χ0n) is 13.6. The Bertz CT molecular complexity index is 648. The fourth-order valence-corrected chi connectivity index (χ4v) is 3.59. The Morgan fingerprint density at radius 3 is 2.78 bits per heavy atom. The van der Waals surface area contributed by atoms with Gasteiger partial charge in [0.25, 0.3) is 0 Å². The van der Waals surface area contributed by atoms with Crippen molar-refractivity contribution in [3.05, 3.63) is 36.2 Å². The molecule has 6 nitrogen and oxygen atoms in total. The molecule has 1 aliphatic carbocycles. The first-order chi connectivity index (χ1) is 11.3. The van der Waals surface area contributed by atoms with E-state index < -0.39 is 0 Å². The molecule has 2 aliphatic rings. The van der Waals surface area contributed by atoms with Crippen molar-refractivity contribution in [3.8, 4) is 0 Å². The maximum absolute atomic E-state index is 4.59. The lowest BCUT2D eigenvalue weighted by molar-refractivity contribution is 0.117. The third kappa shape index (κ3) is 3.08. The molecular weight excluding hydrogens is 288 g/mol. The SMILES string of the molecule is Cn1cnc2c1CC(CNc1ncccn1)N(CC1CCC1)C2. The van der Waals surface area contributed by atoms with Crippen LogP contribution in [-0.2, 0) is 20.0 Å². The quantitative estimate of drug-likeness (QED) is 0.913. The molecule has 1 fully saturated rings. The molecule has 4 rings (SSSR count). The monoisotopic (exact) mass is 312 g/mol. The normalized spacial score (nSPS) is 21.7. The molecule has 1 N–H and O–H groups in total. The van der Waals surface area contributed by atoms with Crippen molar-refractivity contribution in [2.45, 2.75) is 38.3 Å². The van der Waals surface area contributed by atoms with E-state index in [9.17, 15) is 0 Å². The molecule has 1 aliphatic heterocycles. The molecule has 0 spiro atoms. The summed E-state index contributed by atoms with van der Waals surface area (Å²) in [6.45, 7) is 3.04. The lowest BCUT2D eigenvalue weighted by Crippen LogP contribution is -2.47. The topological polar surface area (TPSA) is 58.9 Å². The van der Waals surface area contributed by atoms with E-state index in [2.05, 4.69) is 36.8 Å². The van der Waals surface area contributed by atoms with E-state index in [0.29, 0.717) is 12.0 Å². The van der Waals surface area contributed by atoms with Crippen molar-refractivity contribution < 1.29 is 0 Å². The standard InChI is InChI=1S/C17H24N6/c1-22-12-21-15-11-23(10-13-4-2-5-13)14(8-16(15)22)9-20-17-18-6-3-7-19-17/h3,6-7,12-14H,2,4-5,8-11H2,1H3,(H,18,19,20). The second-order valence-electron chi connectivity index (χ2n) is 6.79. The number of nitrogens with one attached hydrogen (secondary N) is 1. The van der Waals surface area contributed by atoms with Gasteiger partial charge >= 0.3 is 0 Å². The molecule has 1 unspecified atom stereocenters. The van der Waals surface area contributed by atoms with Gasteiger partial charge in [0.15, 0.2) is 0 Å². The summed E-state index contributed by atoms with van der Waals surface area (Å²) in [7, 11) is 2.10. The van der Waals surface area contributed by atoms with E-state index in [-0.39, 0.29) is 0 Å². The minimum Gasteiger partial charge on any atom is -0.353 e. The van der Waals surface area contributed by atoms with Crippen LogP contribution in [0.25, 0.3) is 0 Å². The number of aromatic nitrogens is 4. The fourth-order valence-electron chi connectivity index (χ4n) is 3.59. The highest BCUT2D eigenvalue weighted by atomic mass is 15.2. The summed E-state index contributed by atoms with van der Waals surface area (Å²) in [5.74, 6) is 1.59. The zero-order chi connectivity index (χ0) is 15.6. The van der Waals surface area contributed by atoms with Gasteiger partial charge in [0.1, 0.15) is 0 Å². The van der Waals surface area contributed by atoms with Crippen molar-refractivity contribution in [1.29, 1.82) is 0 Å². The number of rotatable bonds is 5. The van der Waals surface area contributed by atoms with Crippen LogP contribution in [0, 0.1) is 5.92 Å². The second kappa shape index (κ2) is 6.28.